The molecule has 0 bridgehead atoms. The number of carboxylic acid groups (broad SMARTS) is 1. The molecule has 0 aromatic heterocycles. The van der Waals surface area contributed by atoms with Crippen LogP contribution in [0.25, 0.3) is 0 Å². The Labute approximate surface area is 189 Å². The number of nitrogens with one attached hydrogen (secondary N) is 1. The van der Waals surface area contributed by atoms with Crippen molar-refractivity contribution in [2.24, 2.45) is 0 Å². The van der Waals surface area contributed by atoms with Crippen molar-refractivity contribution in [3.8, 4) is 5.75 Å². The second-order valence-electron chi connectivity index (χ2n) is 6.16. The molecule has 19 heteroatoms. The van der Waals surface area contributed by atoms with E-state index in [1.165, 1.54) is 0 Å². The molecule has 0 atom stereocenters. The van der Waals surface area contributed by atoms with Gasteiger partial charge >= 0.3 is 37.2 Å². The molecule has 2 N–H and O–H groups in total. The Morgan fingerprint density at radius 3 is 1.76 bits per heavy atom. The number of hydrogen-bond acceptors (Lipinski definition) is 9. The van der Waals surface area contributed by atoms with Gasteiger partial charge < -0.3 is 19.5 Å². The normalized spacial score (nSPS) is 12.5. The van der Waals surface area contributed by atoms with E-state index in [-0.39, 0.29) is 12.1 Å². The number of alkyl halides is 6. The lowest BCUT2D eigenvalue weighted by molar-refractivity contribution is -0.0527. The number of carbonyl (C=O) groups is 2. The van der Waals surface area contributed by atoms with Gasteiger partial charge in [-0.3, -0.25) is 8.98 Å². The van der Waals surface area contributed by atoms with Gasteiger partial charge in [-0.2, -0.15) is 43.2 Å². The summed E-state index contributed by atoms with van der Waals surface area (Å²) in [6.07, 6.45) is 0. The molecule has 34 heavy (non-hydrogen) atoms. The van der Waals surface area contributed by atoms with E-state index in [9.17, 15) is 52.8 Å². The standard InChI is InChI=1S/C13H15F3N2O6S.C2H3F3O3S/c1-18(2)4-3-17-11(19)8-5-9(12(20)21)7-10(6-8)24-25(22,23)13(14,15)16;1-8-9(6,7)2(3,4)5/h5-7H,3-4H2,1-2H3,(H,17,19)(H,20,21);1H3. The van der Waals surface area contributed by atoms with E-state index in [2.05, 4.69) is 13.7 Å². The highest BCUT2D eigenvalue weighted by atomic mass is 32.2. The largest absolute Gasteiger partial charge is 0.534 e. The van der Waals surface area contributed by atoms with Crippen LogP contribution in [0.5, 0.6) is 5.75 Å². The Kier molecular flexibility index (Phi) is 10.8. The smallest absolute Gasteiger partial charge is 0.478 e. The summed E-state index contributed by atoms with van der Waals surface area (Å²) < 4.78 is 119. The fourth-order valence-corrected chi connectivity index (χ4v) is 2.30. The number of hydrogen-bond donors (Lipinski definition) is 2. The first-order valence-corrected chi connectivity index (χ1v) is 11.1. The molecule has 196 valence electrons. The molecule has 0 aliphatic carbocycles. The summed E-state index contributed by atoms with van der Waals surface area (Å²) in [6, 6.07) is 2.17. The number of aromatic carboxylic acids is 1. The predicted octanol–water partition coefficient (Wildman–Crippen LogP) is 1.39. The van der Waals surface area contributed by atoms with Crippen molar-refractivity contribution in [3.63, 3.8) is 0 Å². The van der Waals surface area contributed by atoms with Crippen LogP contribution in [0.3, 0.4) is 0 Å². The van der Waals surface area contributed by atoms with E-state index in [0.29, 0.717) is 25.8 Å². The van der Waals surface area contributed by atoms with E-state index < -0.39 is 54.4 Å². The van der Waals surface area contributed by atoms with Gasteiger partial charge in [0.1, 0.15) is 5.75 Å². The second-order valence-corrected chi connectivity index (χ2v) is 9.40. The lowest BCUT2D eigenvalue weighted by Crippen LogP contribution is -2.31. The van der Waals surface area contributed by atoms with Gasteiger partial charge in [-0.05, 0) is 32.3 Å². The van der Waals surface area contributed by atoms with E-state index in [0.717, 1.165) is 6.07 Å². The molecule has 0 spiro atoms. The summed E-state index contributed by atoms with van der Waals surface area (Å²) in [6.45, 7) is 0.635. The molecule has 0 aliphatic heterocycles. The molecule has 0 radical (unpaired) electrons. The molecule has 0 unspecified atom stereocenters. The lowest BCUT2D eigenvalue weighted by Gasteiger charge is -2.13. The fraction of sp³-hybridized carbons (Fsp3) is 0.467. The van der Waals surface area contributed by atoms with Crippen LogP contribution in [0.2, 0.25) is 0 Å². The first kappa shape index (κ1) is 31.4. The number of halogens is 6. The Bertz CT molecular complexity index is 1080. The van der Waals surface area contributed by atoms with Gasteiger partial charge in [0.2, 0.25) is 0 Å². The van der Waals surface area contributed by atoms with Gasteiger partial charge in [0, 0.05) is 18.7 Å². The Balaban J connectivity index is 0.00000102. The summed E-state index contributed by atoms with van der Waals surface area (Å²) in [7, 11) is -7.40. The van der Waals surface area contributed by atoms with E-state index in [4.69, 9.17) is 5.11 Å². The van der Waals surface area contributed by atoms with Crippen LogP contribution in [-0.2, 0) is 24.4 Å². The lowest BCUT2D eigenvalue weighted by atomic mass is 10.1. The zero-order valence-electron chi connectivity index (χ0n) is 17.4. The Hall–Kier alpha value is -2.64. The SMILES string of the molecule is CN(C)CCNC(=O)c1cc(OS(=O)(=O)C(F)(F)F)cc(C(=O)O)c1.COS(=O)(=O)C(F)(F)F. The first-order chi connectivity index (χ1) is 15.1. The van der Waals surface area contributed by atoms with E-state index >= 15 is 0 Å². The maximum Gasteiger partial charge on any atom is 0.534 e. The number of likely N-dealkylation sites (N-methyl/N-ethyl adjacent to an activating group) is 1. The number of nitrogens with zero attached hydrogens (tertiary/aromatic N) is 1. The van der Waals surface area contributed by atoms with Crippen LogP contribution in [0.15, 0.2) is 18.2 Å². The van der Waals surface area contributed by atoms with Crippen molar-refractivity contribution < 1.29 is 66.2 Å². The third kappa shape index (κ3) is 9.69. The minimum Gasteiger partial charge on any atom is -0.478 e. The first-order valence-electron chi connectivity index (χ1n) is 8.33. The fourth-order valence-electron chi connectivity index (χ4n) is 1.67. The van der Waals surface area contributed by atoms with Gasteiger partial charge in [0.05, 0.1) is 12.7 Å². The third-order valence-electron chi connectivity index (χ3n) is 3.25. The molecular formula is C15H18F6N2O9S2. The zero-order chi connectivity index (χ0) is 27.1. The highest BCUT2D eigenvalue weighted by Crippen LogP contribution is 2.28. The van der Waals surface area contributed by atoms with Crippen LogP contribution in [0, 0.1) is 0 Å². The van der Waals surface area contributed by atoms with Crippen molar-refractivity contribution in [1.29, 1.82) is 0 Å². The van der Waals surface area contributed by atoms with Gasteiger partial charge in [-0.1, -0.05) is 0 Å². The maximum absolute atomic E-state index is 12.4. The number of carbonyl (C=O) groups excluding carboxylic acids is 1. The number of benzene rings is 1. The van der Waals surface area contributed by atoms with Crippen molar-refractivity contribution >= 4 is 32.1 Å². The molecule has 0 fully saturated rings. The quantitative estimate of drug-likeness (QED) is 0.276. The van der Waals surface area contributed by atoms with Crippen LogP contribution in [0.4, 0.5) is 26.3 Å². The van der Waals surface area contributed by atoms with Crippen molar-refractivity contribution in [3.05, 3.63) is 29.3 Å². The maximum atomic E-state index is 12.4. The van der Waals surface area contributed by atoms with E-state index in [1.807, 2.05) is 0 Å². The monoisotopic (exact) mass is 548 g/mol. The van der Waals surface area contributed by atoms with Crippen molar-refractivity contribution in [2.75, 3.05) is 34.3 Å². The molecule has 1 amide bonds. The Morgan fingerprint density at radius 1 is 0.941 bits per heavy atom. The summed E-state index contributed by atoms with van der Waals surface area (Å²) in [5.74, 6) is -3.30. The zero-order valence-corrected chi connectivity index (χ0v) is 19.0. The van der Waals surface area contributed by atoms with Gasteiger partial charge in [-0.25, -0.2) is 4.79 Å². The molecule has 0 saturated heterocycles. The molecule has 1 aromatic carbocycles. The summed E-state index contributed by atoms with van der Waals surface area (Å²) in [5.41, 5.74) is -12.0. The Morgan fingerprint density at radius 2 is 1.41 bits per heavy atom. The van der Waals surface area contributed by atoms with Crippen molar-refractivity contribution in [1.82, 2.24) is 10.2 Å². The highest BCUT2D eigenvalue weighted by molar-refractivity contribution is 7.88. The predicted molar refractivity (Wildman–Crippen MR) is 102 cm³/mol. The van der Waals surface area contributed by atoms with Gasteiger partial charge in [0.25, 0.3) is 5.91 Å². The molecule has 1 rings (SSSR count). The summed E-state index contributed by atoms with van der Waals surface area (Å²) >= 11 is 0. The second kappa shape index (κ2) is 11.7. The minimum atomic E-state index is -6.00. The molecular weight excluding hydrogens is 530 g/mol. The highest BCUT2D eigenvalue weighted by Gasteiger charge is 2.48. The summed E-state index contributed by atoms with van der Waals surface area (Å²) in [5, 5.41) is 11.4. The third-order valence-corrected chi connectivity index (χ3v) is 5.24. The topological polar surface area (TPSA) is 156 Å². The van der Waals surface area contributed by atoms with Crippen molar-refractivity contribution in [2.45, 2.75) is 11.0 Å². The van der Waals surface area contributed by atoms with Gasteiger partial charge in [0.15, 0.2) is 0 Å². The minimum absolute atomic E-state index is 0.181. The van der Waals surface area contributed by atoms with Gasteiger partial charge in [-0.15, -0.1) is 0 Å². The average molecular weight is 548 g/mol. The van der Waals surface area contributed by atoms with E-state index in [1.54, 1.807) is 19.0 Å². The van der Waals surface area contributed by atoms with Crippen LogP contribution < -0.4 is 9.50 Å². The van der Waals surface area contributed by atoms with Crippen LogP contribution in [-0.4, -0.2) is 84.0 Å². The molecule has 0 heterocycles. The molecule has 0 saturated carbocycles. The van der Waals surface area contributed by atoms with Crippen LogP contribution >= 0.6 is 0 Å². The number of carboxylic acids is 1. The number of rotatable bonds is 8. The van der Waals surface area contributed by atoms with Crippen LogP contribution in [0.1, 0.15) is 20.7 Å². The molecule has 11 nitrogen and oxygen atoms in total. The summed E-state index contributed by atoms with van der Waals surface area (Å²) in [4.78, 5) is 24.7. The average Bonchev–Trinajstić information content (AvgIpc) is 2.65. The molecule has 0 aliphatic rings. The molecule has 1 aromatic rings. The number of amides is 1.